The van der Waals surface area contributed by atoms with Crippen LogP contribution < -0.4 is 0 Å². The van der Waals surface area contributed by atoms with Crippen LogP contribution in [0.4, 0.5) is 5.69 Å². The van der Waals surface area contributed by atoms with E-state index < -0.39 is 4.92 Å². The molecule has 0 heterocycles. The van der Waals surface area contributed by atoms with Crippen molar-refractivity contribution < 1.29 is 4.92 Å². The second-order valence-electron chi connectivity index (χ2n) is 5.03. The number of nitrogens with zero attached hydrogens (tertiary/aromatic N) is 3. The minimum absolute atomic E-state index is 0.0651. The van der Waals surface area contributed by atoms with Crippen LogP contribution in [0, 0.1) is 21.4 Å². The summed E-state index contributed by atoms with van der Waals surface area (Å²) >= 11 is 5.94. The molecule has 1 fully saturated rings. The van der Waals surface area contributed by atoms with Crippen LogP contribution in [0.3, 0.4) is 0 Å². The third-order valence-electron chi connectivity index (χ3n) is 3.73. The first-order chi connectivity index (χ1) is 9.61. The average molecular weight is 294 g/mol. The SMILES string of the molecule is N#CCN(Cc1cc(Cl)ccc1[N+](=O)[O-])C1CCCC1. The third kappa shape index (κ3) is 3.47. The Morgan fingerprint density at radius 2 is 2.15 bits per heavy atom. The van der Waals surface area contributed by atoms with Crippen molar-refractivity contribution in [1.29, 1.82) is 5.26 Å². The number of halogens is 1. The molecule has 0 radical (unpaired) electrons. The van der Waals surface area contributed by atoms with Crippen LogP contribution >= 0.6 is 11.6 Å². The van der Waals surface area contributed by atoms with Crippen LogP contribution in [0.25, 0.3) is 0 Å². The van der Waals surface area contributed by atoms with Crippen LogP contribution in [0.15, 0.2) is 18.2 Å². The van der Waals surface area contributed by atoms with Crippen molar-refractivity contribution >= 4 is 17.3 Å². The number of hydrogen-bond acceptors (Lipinski definition) is 4. The molecule has 1 aromatic rings. The summed E-state index contributed by atoms with van der Waals surface area (Å²) in [6, 6.07) is 7.06. The van der Waals surface area contributed by atoms with Crippen LogP contribution in [-0.4, -0.2) is 22.4 Å². The van der Waals surface area contributed by atoms with Gasteiger partial charge in [0.2, 0.25) is 0 Å². The Bertz CT molecular complexity index is 536. The van der Waals surface area contributed by atoms with E-state index in [1.165, 1.54) is 12.1 Å². The summed E-state index contributed by atoms with van der Waals surface area (Å²) in [7, 11) is 0. The van der Waals surface area contributed by atoms with E-state index in [0.717, 1.165) is 25.7 Å². The standard InChI is InChI=1S/C14H16ClN3O2/c15-12-5-6-14(18(19)20)11(9-12)10-17(8-7-16)13-3-1-2-4-13/h5-6,9,13H,1-4,8,10H2. The highest BCUT2D eigenvalue weighted by molar-refractivity contribution is 6.30. The van der Waals surface area contributed by atoms with Crippen molar-refractivity contribution in [2.45, 2.75) is 38.3 Å². The van der Waals surface area contributed by atoms with Gasteiger partial charge in [-0.15, -0.1) is 0 Å². The molecule has 2 rings (SSSR count). The van der Waals surface area contributed by atoms with Gasteiger partial charge < -0.3 is 0 Å². The number of rotatable bonds is 5. The molecule has 0 aromatic heterocycles. The summed E-state index contributed by atoms with van der Waals surface area (Å²) in [6.07, 6.45) is 4.42. The normalized spacial score (nSPS) is 15.4. The zero-order chi connectivity index (χ0) is 14.5. The van der Waals surface area contributed by atoms with Gasteiger partial charge in [0.1, 0.15) is 0 Å². The molecule has 1 aliphatic rings. The van der Waals surface area contributed by atoms with Gasteiger partial charge in [-0.05, 0) is 25.0 Å². The molecule has 5 nitrogen and oxygen atoms in total. The van der Waals surface area contributed by atoms with Gasteiger partial charge in [-0.2, -0.15) is 5.26 Å². The highest BCUT2D eigenvalue weighted by Gasteiger charge is 2.25. The molecule has 1 aliphatic carbocycles. The average Bonchev–Trinajstić information content (AvgIpc) is 2.91. The molecule has 0 bridgehead atoms. The Kier molecular flexibility index (Phi) is 4.94. The Labute approximate surface area is 122 Å². The van der Waals surface area contributed by atoms with E-state index in [2.05, 4.69) is 6.07 Å². The molecule has 1 aromatic carbocycles. The van der Waals surface area contributed by atoms with Crippen molar-refractivity contribution in [2.24, 2.45) is 0 Å². The van der Waals surface area contributed by atoms with Crippen molar-refractivity contribution in [1.82, 2.24) is 4.90 Å². The molecule has 6 heteroatoms. The maximum atomic E-state index is 11.1. The number of nitro benzene ring substituents is 1. The van der Waals surface area contributed by atoms with E-state index in [1.54, 1.807) is 6.07 Å². The van der Waals surface area contributed by atoms with Gasteiger partial charge in [0, 0.05) is 29.2 Å². The van der Waals surface area contributed by atoms with Crippen LogP contribution in [-0.2, 0) is 6.54 Å². The maximum absolute atomic E-state index is 11.1. The molecular formula is C14H16ClN3O2. The van der Waals surface area contributed by atoms with Gasteiger partial charge in [-0.25, -0.2) is 0 Å². The summed E-state index contributed by atoms with van der Waals surface area (Å²) < 4.78 is 0. The van der Waals surface area contributed by atoms with E-state index in [4.69, 9.17) is 16.9 Å². The zero-order valence-corrected chi connectivity index (χ0v) is 11.8. The lowest BCUT2D eigenvalue weighted by atomic mass is 10.1. The van der Waals surface area contributed by atoms with Gasteiger partial charge in [-0.1, -0.05) is 24.4 Å². The van der Waals surface area contributed by atoms with Crippen molar-refractivity contribution in [3.63, 3.8) is 0 Å². The second-order valence-corrected chi connectivity index (χ2v) is 5.47. The molecule has 0 unspecified atom stereocenters. The molecule has 0 spiro atoms. The minimum Gasteiger partial charge on any atom is -0.283 e. The Balaban J connectivity index is 2.23. The van der Waals surface area contributed by atoms with Crippen molar-refractivity contribution in [3.8, 4) is 6.07 Å². The van der Waals surface area contributed by atoms with Crippen LogP contribution in [0.5, 0.6) is 0 Å². The summed E-state index contributed by atoms with van der Waals surface area (Å²) in [5.41, 5.74) is 0.639. The highest BCUT2D eigenvalue weighted by Crippen LogP contribution is 2.28. The molecule has 1 saturated carbocycles. The summed E-state index contributed by atoms with van der Waals surface area (Å²) in [4.78, 5) is 12.7. The second kappa shape index (κ2) is 6.69. The molecule has 0 amide bonds. The predicted octanol–water partition coefficient (Wildman–Crippen LogP) is 3.52. The molecule has 0 saturated heterocycles. The van der Waals surface area contributed by atoms with E-state index in [-0.39, 0.29) is 12.2 Å². The summed E-state index contributed by atoms with van der Waals surface area (Å²) in [6.45, 7) is 0.684. The molecule has 0 N–H and O–H groups in total. The zero-order valence-electron chi connectivity index (χ0n) is 11.1. The van der Waals surface area contributed by atoms with Gasteiger partial charge in [0.25, 0.3) is 5.69 Å². The predicted molar refractivity (Wildman–Crippen MR) is 76.4 cm³/mol. The first-order valence-electron chi connectivity index (χ1n) is 6.65. The fourth-order valence-electron chi connectivity index (χ4n) is 2.75. The van der Waals surface area contributed by atoms with Gasteiger partial charge in [-0.3, -0.25) is 15.0 Å². The summed E-state index contributed by atoms with van der Waals surface area (Å²) in [5.74, 6) is 0. The maximum Gasteiger partial charge on any atom is 0.273 e. The number of nitro groups is 1. The molecule has 20 heavy (non-hydrogen) atoms. The van der Waals surface area contributed by atoms with Crippen LogP contribution in [0.1, 0.15) is 31.2 Å². The smallest absolute Gasteiger partial charge is 0.273 e. The first-order valence-corrected chi connectivity index (χ1v) is 7.03. The largest absolute Gasteiger partial charge is 0.283 e. The first kappa shape index (κ1) is 14.8. The topological polar surface area (TPSA) is 70.2 Å². The third-order valence-corrected chi connectivity index (χ3v) is 3.96. The molecule has 106 valence electrons. The molecule has 0 atom stereocenters. The molecule has 0 aliphatic heterocycles. The summed E-state index contributed by atoms with van der Waals surface area (Å²) in [5, 5.41) is 20.5. The monoisotopic (exact) mass is 293 g/mol. The molecular weight excluding hydrogens is 278 g/mol. The Morgan fingerprint density at radius 1 is 1.45 bits per heavy atom. The van der Waals surface area contributed by atoms with E-state index in [0.29, 0.717) is 23.2 Å². The lowest BCUT2D eigenvalue weighted by Crippen LogP contribution is -2.33. The van der Waals surface area contributed by atoms with Crippen LogP contribution in [0.2, 0.25) is 5.02 Å². The number of nitriles is 1. The van der Waals surface area contributed by atoms with Gasteiger partial charge in [0.15, 0.2) is 0 Å². The number of hydrogen-bond donors (Lipinski definition) is 0. The quantitative estimate of drug-likeness (QED) is 0.473. The van der Waals surface area contributed by atoms with Crippen molar-refractivity contribution in [3.05, 3.63) is 38.9 Å². The Morgan fingerprint density at radius 3 is 2.75 bits per heavy atom. The van der Waals surface area contributed by atoms with E-state index >= 15 is 0 Å². The minimum atomic E-state index is -0.398. The Hall–Kier alpha value is -1.64. The van der Waals surface area contributed by atoms with Crippen molar-refractivity contribution in [2.75, 3.05) is 6.54 Å². The lowest BCUT2D eigenvalue weighted by Gasteiger charge is -2.26. The highest BCUT2D eigenvalue weighted by atomic mass is 35.5. The number of benzene rings is 1. The fourth-order valence-corrected chi connectivity index (χ4v) is 2.95. The lowest BCUT2D eigenvalue weighted by molar-refractivity contribution is -0.385. The van der Waals surface area contributed by atoms with E-state index in [1.807, 2.05) is 4.90 Å². The van der Waals surface area contributed by atoms with E-state index in [9.17, 15) is 10.1 Å². The van der Waals surface area contributed by atoms with Gasteiger partial charge >= 0.3 is 0 Å². The van der Waals surface area contributed by atoms with Gasteiger partial charge in [0.05, 0.1) is 17.5 Å². The fraction of sp³-hybridized carbons (Fsp3) is 0.500.